The Morgan fingerprint density at radius 2 is 1.23 bits per heavy atom. The van der Waals surface area contributed by atoms with Gasteiger partial charge in [0.2, 0.25) is 0 Å². The maximum atomic E-state index is 11.8. The van der Waals surface area contributed by atoms with Gasteiger partial charge in [-0.15, -0.1) is 5.23 Å². The summed E-state index contributed by atoms with van der Waals surface area (Å²) in [6, 6.07) is 10.6. The molecule has 0 spiro atoms. The van der Waals surface area contributed by atoms with Gasteiger partial charge < -0.3 is 26.3 Å². The van der Waals surface area contributed by atoms with Crippen molar-refractivity contribution in [3.63, 3.8) is 0 Å². The van der Waals surface area contributed by atoms with Crippen molar-refractivity contribution in [3.8, 4) is 0 Å². The molecule has 0 saturated carbocycles. The molecule has 2 amide bonds. The molecule has 0 radical (unpaired) electrons. The van der Waals surface area contributed by atoms with Crippen LogP contribution in [0, 0.1) is 10.4 Å². The van der Waals surface area contributed by atoms with Crippen molar-refractivity contribution in [2.45, 2.75) is 0 Å². The van der Waals surface area contributed by atoms with Gasteiger partial charge in [-0.3, -0.25) is 10.4 Å². The molecule has 9 nitrogen and oxygen atoms in total. The number of nitrogens with zero attached hydrogens (tertiary/aromatic N) is 2. The molecule has 2 rings (SSSR count). The summed E-state index contributed by atoms with van der Waals surface area (Å²) in [5.41, 5.74) is 0.905. The van der Waals surface area contributed by atoms with Gasteiger partial charge in [-0.25, -0.2) is 4.79 Å². The van der Waals surface area contributed by atoms with E-state index in [1.807, 2.05) is 0 Å². The van der Waals surface area contributed by atoms with Gasteiger partial charge in [-0.1, -0.05) is 0 Å². The topological polar surface area (TPSA) is 134 Å². The Labute approximate surface area is 125 Å². The van der Waals surface area contributed by atoms with Gasteiger partial charge in [0, 0.05) is 17.1 Å². The third-order valence-electron chi connectivity index (χ3n) is 2.69. The van der Waals surface area contributed by atoms with Crippen LogP contribution in [0.3, 0.4) is 0 Å². The Morgan fingerprint density at radius 1 is 0.818 bits per heavy atom. The first-order valence-electron chi connectivity index (χ1n) is 6.06. The molecule has 0 unspecified atom stereocenters. The largest absolute Gasteiger partial charge is 0.769 e. The first-order valence-corrected chi connectivity index (χ1v) is 6.06. The van der Waals surface area contributed by atoms with E-state index < -0.39 is 11.3 Å². The summed E-state index contributed by atoms with van der Waals surface area (Å²) < 4.78 is 0. The lowest BCUT2D eigenvalue weighted by Crippen LogP contribution is -2.19. The Bertz CT molecular complexity index is 572. The Hall–Kier alpha value is -2.85. The van der Waals surface area contributed by atoms with Crippen LogP contribution in [-0.4, -0.2) is 16.4 Å². The minimum Gasteiger partial charge on any atom is -0.769 e. The lowest BCUT2D eigenvalue weighted by molar-refractivity contribution is 0.0292. The summed E-state index contributed by atoms with van der Waals surface area (Å²) in [5, 5.41) is 43.1. The van der Waals surface area contributed by atoms with E-state index in [0.717, 1.165) is 0 Å². The van der Waals surface area contributed by atoms with E-state index >= 15 is 0 Å². The van der Waals surface area contributed by atoms with Crippen LogP contribution in [0.15, 0.2) is 48.5 Å². The summed E-state index contributed by atoms with van der Waals surface area (Å²) in [6.45, 7) is 0. The number of benzene rings is 2. The molecule has 2 aromatic rings. The molecule has 0 saturated heterocycles. The molecule has 0 aliphatic heterocycles. The molecule has 2 aromatic carbocycles. The molecule has 116 valence electrons. The van der Waals surface area contributed by atoms with Gasteiger partial charge in [-0.05, 0) is 48.5 Å². The molecule has 0 heterocycles. The lowest BCUT2D eigenvalue weighted by atomic mass is 10.3. The van der Waals surface area contributed by atoms with Crippen LogP contribution < -0.4 is 21.1 Å². The van der Waals surface area contributed by atoms with Crippen LogP contribution in [0.5, 0.6) is 0 Å². The molecule has 0 bridgehead atoms. The van der Waals surface area contributed by atoms with Gasteiger partial charge in [-0.2, -0.15) is 0 Å². The van der Waals surface area contributed by atoms with Crippen molar-refractivity contribution < 1.29 is 15.2 Å². The quantitative estimate of drug-likeness (QED) is 0.638. The normalized spacial score (nSPS) is 10.0. The van der Waals surface area contributed by atoms with E-state index in [4.69, 9.17) is 10.4 Å². The first-order chi connectivity index (χ1) is 10.5. The molecular weight excluding hydrogens is 292 g/mol. The van der Waals surface area contributed by atoms with E-state index in [-0.39, 0.29) is 16.6 Å². The van der Waals surface area contributed by atoms with Crippen molar-refractivity contribution in [2.24, 2.45) is 0 Å². The predicted octanol–water partition coefficient (Wildman–Crippen LogP) is 2.72. The van der Waals surface area contributed by atoms with Gasteiger partial charge in [0.05, 0.1) is 5.69 Å². The number of hydrogen-bond donors (Lipinski definition) is 4. The summed E-state index contributed by atoms with van der Waals surface area (Å²) in [6.07, 6.45) is 0. The third-order valence-corrected chi connectivity index (χ3v) is 2.69. The zero-order chi connectivity index (χ0) is 16.1. The van der Waals surface area contributed by atoms with Crippen molar-refractivity contribution in [3.05, 3.63) is 58.9 Å². The second kappa shape index (κ2) is 6.74. The zero-order valence-corrected chi connectivity index (χ0v) is 11.1. The number of rotatable bonds is 4. The maximum absolute atomic E-state index is 11.8. The highest BCUT2D eigenvalue weighted by Gasteiger charge is 2.04. The van der Waals surface area contributed by atoms with Crippen LogP contribution in [0.4, 0.5) is 27.5 Å². The van der Waals surface area contributed by atoms with Crippen molar-refractivity contribution in [1.29, 1.82) is 0 Å². The molecule has 0 aliphatic carbocycles. The number of urea groups is 1. The fraction of sp³-hybridized carbons (Fsp3) is 0. The lowest BCUT2D eigenvalue weighted by Gasteiger charge is -2.37. The summed E-state index contributed by atoms with van der Waals surface area (Å²) >= 11 is 0. The monoisotopic (exact) mass is 304 g/mol. The Morgan fingerprint density at radius 3 is 1.59 bits per heavy atom. The van der Waals surface area contributed by atoms with Crippen LogP contribution in [0.25, 0.3) is 0 Å². The molecule has 0 atom stereocenters. The average Bonchev–Trinajstić information content (AvgIpc) is 2.48. The fourth-order valence-corrected chi connectivity index (χ4v) is 1.64. The van der Waals surface area contributed by atoms with E-state index in [1.165, 1.54) is 48.5 Å². The average molecular weight is 304 g/mol. The van der Waals surface area contributed by atoms with Crippen LogP contribution in [0.2, 0.25) is 0 Å². The smallest absolute Gasteiger partial charge is 0.323 e. The van der Waals surface area contributed by atoms with E-state index in [1.54, 1.807) is 0 Å². The van der Waals surface area contributed by atoms with E-state index in [2.05, 4.69) is 10.6 Å². The fourth-order valence-electron chi connectivity index (χ4n) is 1.64. The summed E-state index contributed by atoms with van der Waals surface area (Å²) in [4.78, 5) is 11.8. The van der Waals surface area contributed by atoms with E-state index in [0.29, 0.717) is 11.4 Å². The number of carbonyl (C=O) groups excluding carboxylic acids is 1. The van der Waals surface area contributed by atoms with Crippen LogP contribution in [0.1, 0.15) is 0 Å². The Kier molecular flexibility index (Phi) is 4.76. The number of carbonyl (C=O) groups is 1. The highest BCUT2D eigenvalue weighted by Crippen LogP contribution is 2.18. The summed E-state index contributed by atoms with van der Waals surface area (Å²) in [7, 11) is 0. The van der Waals surface area contributed by atoms with Crippen LogP contribution in [-0.2, 0) is 0 Å². The minimum atomic E-state index is -0.536. The third kappa shape index (κ3) is 4.07. The van der Waals surface area contributed by atoms with Crippen LogP contribution >= 0.6 is 0 Å². The van der Waals surface area contributed by atoms with Crippen molar-refractivity contribution >= 4 is 28.8 Å². The molecule has 0 aromatic heterocycles. The van der Waals surface area contributed by atoms with E-state index in [9.17, 15) is 15.2 Å². The molecule has 0 fully saturated rings. The molecule has 9 heteroatoms. The molecular formula is C13H12N4O5-2. The van der Waals surface area contributed by atoms with Crippen molar-refractivity contribution in [2.75, 3.05) is 21.1 Å². The van der Waals surface area contributed by atoms with Crippen molar-refractivity contribution in [1.82, 2.24) is 0 Å². The van der Waals surface area contributed by atoms with Gasteiger partial charge in [0.15, 0.2) is 0 Å². The number of amides is 2. The SMILES string of the molecule is O=C(Nc1ccc(N([O-])[O-])cc1)Nc1ccc(N(O)O)cc1. The Balaban J connectivity index is 1.94. The molecule has 4 N–H and O–H groups in total. The number of nitrogens with one attached hydrogen (secondary N) is 2. The highest BCUT2D eigenvalue weighted by molar-refractivity contribution is 5.99. The number of hydrogen-bond acceptors (Lipinski definition) is 7. The summed E-state index contributed by atoms with van der Waals surface area (Å²) in [5.74, 6) is 0. The molecule has 0 aliphatic rings. The maximum Gasteiger partial charge on any atom is 0.323 e. The van der Waals surface area contributed by atoms with Gasteiger partial charge in [0.25, 0.3) is 0 Å². The van der Waals surface area contributed by atoms with Gasteiger partial charge >= 0.3 is 6.03 Å². The second-order valence-corrected chi connectivity index (χ2v) is 4.22. The first kappa shape index (κ1) is 15.5. The minimum absolute atomic E-state index is 0.0409. The predicted molar refractivity (Wildman–Crippen MR) is 80.8 cm³/mol. The van der Waals surface area contributed by atoms with Gasteiger partial charge in [0.1, 0.15) is 0 Å². The standard InChI is InChI=1S/C13H12N4O5/c18-13(14-9-1-5-11(6-2-9)16(19)20)15-10-3-7-12(8-4-10)17(21)22/h1-8,19-20H,(H2,14,15,18)/q-2. The zero-order valence-electron chi connectivity index (χ0n) is 11.1. The highest BCUT2D eigenvalue weighted by atomic mass is 16.8. The molecule has 22 heavy (non-hydrogen) atoms. The second-order valence-electron chi connectivity index (χ2n) is 4.22. The number of anilines is 4.